The van der Waals surface area contributed by atoms with Crippen molar-refractivity contribution in [1.82, 2.24) is 4.90 Å². The molecule has 1 atom stereocenters. The van der Waals surface area contributed by atoms with E-state index in [-0.39, 0.29) is 31.3 Å². The number of hydrogen-bond donors (Lipinski definition) is 1. The highest BCUT2D eigenvalue weighted by molar-refractivity contribution is 5.69. The third-order valence-corrected chi connectivity index (χ3v) is 9.90. The van der Waals surface area contributed by atoms with E-state index >= 15 is 0 Å². The Hall–Kier alpha value is -1.21. The monoisotopic (exact) mass is 714 g/mol. The van der Waals surface area contributed by atoms with Crippen LogP contribution in [0.1, 0.15) is 213 Å². The Labute approximate surface area is 309 Å². The fourth-order valence-corrected chi connectivity index (χ4v) is 6.67. The first-order valence-electron chi connectivity index (χ1n) is 21.7. The molecule has 0 radical (unpaired) electrons. The number of rotatable bonds is 40. The Morgan fingerprint density at radius 1 is 0.560 bits per heavy atom. The minimum atomic E-state index is -0.221. The first-order valence-corrected chi connectivity index (χ1v) is 21.7. The second kappa shape index (κ2) is 39.0. The van der Waals surface area contributed by atoms with E-state index in [4.69, 9.17) is 9.47 Å². The number of esters is 2. The highest BCUT2D eigenvalue weighted by Crippen LogP contribution is 2.18. The van der Waals surface area contributed by atoms with Crippen molar-refractivity contribution in [3.63, 3.8) is 0 Å². The summed E-state index contributed by atoms with van der Waals surface area (Å²) in [6.07, 6.45) is 32.1. The van der Waals surface area contributed by atoms with Crippen LogP contribution in [0.5, 0.6) is 0 Å². The zero-order valence-electron chi connectivity index (χ0n) is 33.5. The Morgan fingerprint density at radius 3 is 1.58 bits per heavy atom. The van der Waals surface area contributed by atoms with Crippen molar-refractivity contribution < 1.29 is 28.6 Å². The van der Waals surface area contributed by atoms with Gasteiger partial charge in [-0.1, -0.05) is 136 Å². The molecule has 0 amide bonds. The van der Waals surface area contributed by atoms with Gasteiger partial charge >= 0.3 is 11.9 Å². The summed E-state index contributed by atoms with van der Waals surface area (Å²) in [5, 5.41) is 9.52. The number of alkyl halides is 1. The van der Waals surface area contributed by atoms with E-state index in [0.29, 0.717) is 32.4 Å². The minimum Gasteiger partial charge on any atom is -0.466 e. The van der Waals surface area contributed by atoms with Crippen molar-refractivity contribution in [2.75, 3.05) is 39.5 Å². The number of aliphatic hydroxyl groups is 1. The van der Waals surface area contributed by atoms with Crippen LogP contribution in [0.4, 0.5) is 4.39 Å². The third-order valence-electron chi connectivity index (χ3n) is 9.90. The molecule has 0 fully saturated rings. The number of aliphatic hydroxyl groups excluding tert-OH is 1. The zero-order valence-corrected chi connectivity index (χ0v) is 33.5. The Balaban J connectivity index is 3.97. The molecule has 0 aromatic heterocycles. The zero-order chi connectivity index (χ0) is 36.8. The maximum Gasteiger partial charge on any atom is 0.306 e. The predicted molar refractivity (Wildman–Crippen MR) is 209 cm³/mol. The molecule has 0 saturated carbocycles. The molecule has 0 aromatic carbocycles. The number of ether oxygens (including phenoxy) is 2. The average Bonchev–Trinajstić information content (AvgIpc) is 3.09. The van der Waals surface area contributed by atoms with Crippen LogP contribution in [-0.2, 0) is 19.1 Å². The molecule has 7 heteroatoms. The topological polar surface area (TPSA) is 76.1 Å². The predicted octanol–water partition coefficient (Wildman–Crippen LogP) is 12.1. The van der Waals surface area contributed by atoms with Gasteiger partial charge in [0.1, 0.15) is 6.10 Å². The van der Waals surface area contributed by atoms with Gasteiger partial charge in [-0.25, -0.2) is 0 Å². The summed E-state index contributed by atoms with van der Waals surface area (Å²) in [5.41, 5.74) is 0. The van der Waals surface area contributed by atoms with Gasteiger partial charge in [0.2, 0.25) is 0 Å². The van der Waals surface area contributed by atoms with Crippen LogP contribution in [0.2, 0.25) is 0 Å². The van der Waals surface area contributed by atoms with E-state index in [1.165, 1.54) is 64.2 Å². The standard InChI is InChI=1S/C43H84FNO5/c1-4-5-6-7-13-21-30-41(31-22-14-10-16-25-34-44)50-43(48)33-23-15-11-17-26-35-45(37-38-46)36-27-19-24-32-42(47)49-39-28-18-9-8-12-20-29-40(2)3/h40-41,46H,4-39H2,1-3H3. The van der Waals surface area contributed by atoms with Crippen LogP contribution in [0.25, 0.3) is 0 Å². The van der Waals surface area contributed by atoms with Gasteiger partial charge in [0.25, 0.3) is 0 Å². The number of carbonyl (C=O) groups excluding carboxylic acids is 2. The molecule has 0 bridgehead atoms. The molecule has 1 unspecified atom stereocenters. The molecular formula is C43H84FNO5. The second-order valence-electron chi connectivity index (χ2n) is 15.3. The number of unbranched alkanes of at least 4 members (excludes halogenated alkanes) is 20. The van der Waals surface area contributed by atoms with E-state index in [9.17, 15) is 19.1 Å². The summed E-state index contributed by atoms with van der Waals surface area (Å²) in [6, 6.07) is 0. The van der Waals surface area contributed by atoms with Crippen LogP contribution in [-0.4, -0.2) is 67.6 Å². The first-order chi connectivity index (χ1) is 24.4. The quantitative estimate of drug-likeness (QED) is 0.0503. The van der Waals surface area contributed by atoms with E-state index < -0.39 is 0 Å². The van der Waals surface area contributed by atoms with Crippen LogP contribution in [0, 0.1) is 5.92 Å². The summed E-state index contributed by atoms with van der Waals surface area (Å²) in [5.74, 6) is 0.699. The fourth-order valence-electron chi connectivity index (χ4n) is 6.67. The van der Waals surface area contributed by atoms with Crippen LogP contribution in [0.15, 0.2) is 0 Å². The Morgan fingerprint density at radius 2 is 1.02 bits per heavy atom. The molecule has 0 rings (SSSR count). The van der Waals surface area contributed by atoms with Crippen LogP contribution >= 0.6 is 0 Å². The lowest BCUT2D eigenvalue weighted by atomic mass is 10.0. The average molecular weight is 714 g/mol. The van der Waals surface area contributed by atoms with Crippen molar-refractivity contribution in [3.05, 3.63) is 0 Å². The van der Waals surface area contributed by atoms with Gasteiger partial charge in [-0.3, -0.25) is 14.0 Å². The molecule has 50 heavy (non-hydrogen) atoms. The molecule has 0 aliphatic heterocycles. The van der Waals surface area contributed by atoms with Gasteiger partial charge in [0, 0.05) is 19.4 Å². The van der Waals surface area contributed by atoms with Gasteiger partial charge in [-0.15, -0.1) is 0 Å². The van der Waals surface area contributed by atoms with E-state index in [1.54, 1.807) is 0 Å². The van der Waals surface area contributed by atoms with Crippen molar-refractivity contribution >= 4 is 11.9 Å². The highest BCUT2D eigenvalue weighted by Gasteiger charge is 2.14. The fraction of sp³-hybridized carbons (Fsp3) is 0.953. The number of halogens is 1. The summed E-state index contributed by atoms with van der Waals surface area (Å²) < 4.78 is 23.7. The lowest BCUT2D eigenvalue weighted by molar-refractivity contribution is -0.150. The largest absolute Gasteiger partial charge is 0.466 e. The van der Waals surface area contributed by atoms with E-state index in [0.717, 1.165) is 128 Å². The third kappa shape index (κ3) is 36.6. The molecule has 0 aromatic rings. The van der Waals surface area contributed by atoms with Crippen molar-refractivity contribution in [3.8, 4) is 0 Å². The summed E-state index contributed by atoms with van der Waals surface area (Å²) in [4.78, 5) is 27.0. The smallest absolute Gasteiger partial charge is 0.306 e. The molecule has 0 aliphatic rings. The minimum absolute atomic E-state index is 0.0371. The van der Waals surface area contributed by atoms with E-state index in [2.05, 4.69) is 25.7 Å². The molecule has 0 heterocycles. The molecule has 0 saturated heterocycles. The van der Waals surface area contributed by atoms with Crippen molar-refractivity contribution in [1.29, 1.82) is 0 Å². The molecule has 6 nitrogen and oxygen atoms in total. The van der Waals surface area contributed by atoms with Gasteiger partial charge in [0.15, 0.2) is 0 Å². The van der Waals surface area contributed by atoms with Gasteiger partial charge < -0.3 is 19.5 Å². The lowest BCUT2D eigenvalue weighted by Gasteiger charge is -2.21. The first kappa shape index (κ1) is 48.8. The normalized spacial score (nSPS) is 12.2. The number of hydrogen-bond acceptors (Lipinski definition) is 6. The maximum atomic E-state index is 12.6. The summed E-state index contributed by atoms with van der Waals surface area (Å²) in [7, 11) is 0. The molecule has 0 aliphatic carbocycles. The number of nitrogens with zero attached hydrogens (tertiary/aromatic N) is 1. The van der Waals surface area contributed by atoms with Crippen LogP contribution < -0.4 is 0 Å². The number of carbonyl (C=O) groups is 2. The van der Waals surface area contributed by atoms with Crippen LogP contribution in [0.3, 0.4) is 0 Å². The SMILES string of the molecule is CCCCCCCCC(CCCCCCCF)OC(=O)CCCCCCCN(CCO)CCCCCC(=O)OCCCCCCCCC(C)C. The molecule has 0 spiro atoms. The maximum absolute atomic E-state index is 12.6. The van der Waals surface area contributed by atoms with Crippen molar-refractivity contribution in [2.45, 2.75) is 219 Å². The van der Waals surface area contributed by atoms with Crippen molar-refractivity contribution in [2.24, 2.45) is 5.92 Å². The van der Waals surface area contributed by atoms with Gasteiger partial charge in [-0.05, 0) is 83.2 Å². The Kier molecular flexibility index (Phi) is 38.1. The second-order valence-corrected chi connectivity index (χ2v) is 15.3. The molecule has 1 N–H and O–H groups in total. The summed E-state index contributed by atoms with van der Waals surface area (Å²) in [6.45, 7) is 9.95. The van der Waals surface area contributed by atoms with Gasteiger partial charge in [0.05, 0.1) is 19.9 Å². The van der Waals surface area contributed by atoms with Gasteiger partial charge in [-0.2, -0.15) is 0 Å². The lowest BCUT2D eigenvalue weighted by Crippen LogP contribution is -2.29. The van der Waals surface area contributed by atoms with E-state index in [1.807, 2.05) is 0 Å². The summed E-state index contributed by atoms with van der Waals surface area (Å²) >= 11 is 0. The molecule has 298 valence electrons. The Bertz CT molecular complexity index is 705. The molecular weight excluding hydrogens is 629 g/mol. The highest BCUT2D eigenvalue weighted by atomic mass is 19.1.